The van der Waals surface area contributed by atoms with E-state index in [2.05, 4.69) is 25.9 Å². The predicted octanol–water partition coefficient (Wildman–Crippen LogP) is 1.62. The van der Waals surface area contributed by atoms with E-state index in [1.54, 1.807) is 29.1 Å². The Balaban J connectivity index is 1.52. The van der Waals surface area contributed by atoms with Gasteiger partial charge < -0.3 is 10.6 Å². The van der Waals surface area contributed by atoms with Gasteiger partial charge in [-0.1, -0.05) is 13.8 Å². The fourth-order valence-corrected chi connectivity index (χ4v) is 2.85. The van der Waals surface area contributed by atoms with Crippen molar-refractivity contribution in [2.75, 3.05) is 10.6 Å². The monoisotopic (exact) mass is 367 g/mol. The molecule has 3 heterocycles. The van der Waals surface area contributed by atoms with E-state index in [9.17, 15) is 9.59 Å². The van der Waals surface area contributed by atoms with Crippen molar-refractivity contribution >= 4 is 22.9 Å². The average Bonchev–Trinajstić information content (AvgIpc) is 3.30. The highest BCUT2D eigenvalue weighted by Crippen LogP contribution is 2.28. The highest BCUT2D eigenvalue weighted by atomic mass is 16.2. The summed E-state index contributed by atoms with van der Waals surface area (Å²) >= 11 is 0. The van der Waals surface area contributed by atoms with Gasteiger partial charge in [0.25, 0.3) is 5.56 Å². The quantitative estimate of drug-likeness (QED) is 0.686. The first kappa shape index (κ1) is 17.2. The van der Waals surface area contributed by atoms with Crippen LogP contribution in [-0.4, -0.2) is 36.3 Å². The number of hydrogen-bond acceptors (Lipinski definition) is 6. The van der Waals surface area contributed by atoms with Crippen molar-refractivity contribution in [3.63, 3.8) is 0 Å². The lowest BCUT2D eigenvalue weighted by atomic mass is 10.1. The fraction of sp³-hybridized carbons (Fsp3) is 0.389. The van der Waals surface area contributed by atoms with Crippen molar-refractivity contribution in [3.8, 4) is 0 Å². The minimum Gasteiger partial charge on any atom is -0.381 e. The molecular weight excluding hydrogens is 346 g/mol. The van der Waals surface area contributed by atoms with Crippen molar-refractivity contribution in [2.24, 2.45) is 0 Å². The molecule has 9 nitrogen and oxygen atoms in total. The van der Waals surface area contributed by atoms with E-state index in [0.717, 1.165) is 24.2 Å². The van der Waals surface area contributed by atoms with Crippen LogP contribution >= 0.6 is 0 Å². The third-order valence-electron chi connectivity index (χ3n) is 4.38. The lowest BCUT2D eigenvalue weighted by Gasteiger charge is -2.15. The summed E-state index contributed by atoms with van der Waals surface area (Å²) in [5.74, 6) is -0.188. The maximum absolute atomic E-state index is 12.4. The van der Waals surface area contributed by atoms with Crippen LogP contribution in [0, 0.1) is 0 Å². The van der Waals surface area contributed by atoms with Crippen molar-refractivity contribution in [1.29, 1.82) is 0 Å². The van der Waals surface area contributed by atoms with Gasteiger partial charge in [-0.25, -0.2) is 4.68 Å². The minimum atomic E-state index is -0.324. The van der Waals surface area contributed by atoms with E-state index < -0.39 is 0 Å². The molecule has 0 aromatic carbocycles. The number of nitrogens with one attached hydrogen (secondary N) is 2. The van der Waals surface area contributed by atoms with Crippen LogP contribution in [0.25, 0.3) is 5.65 Å². The molecule has 1 aliphatic carbocycles. The van der Waals surface area contributed by atoms with E-state index in [-0.39, 0.29) is 23.9 Å². The van der Waals surface area contributed by atoms with Gasteiger partial charge in [0.15, 0.2) is 5.65 Å². The number of fused-ring (bicyclic) bond motifs is 1. The van der Waals surface area contributed by atoms with Crippen LogP contribution in [-0.2, 0) is 11.3 Å². The summed E-state index contributed by atoms with van der Waals surface area (Å²) in [5.41, 5.74) is 2.54. The first-order chi connectivity index (χ1) is 13.0. The van der Waals surface area contributed by atoms with Crippen LogP contribution in [0.2, 0.25) is 0 Å². The first-order valence-electron chi connectivity index (χ1n) is 8.97. The molecule has 2 N–H and O–H groups in total. The van der Waals surface area contributed by atoms with Gasteiger partial charge in [-0.05, 0) is 30.9 Å². The second-order valence-electron chi connectivity index (χ2n) is 7.07. The SMILES string of the molecule is CC(C)c1nn(CC(=O)Nc2ccc3nncn3c2)c(=O)cc1NC1CC1. The molecule has 0 radical (unpaired) electrons. The largest absolute Gasteiger partial charge is 0.381 e. The van der Waals surface area contributed by atoms with Crippen LogP contribution in [0.3, 0.4) is 0 Å². The van der Waals surface area contributed by atoms with Crippen LogP contribution in [0.4, 0.5) is 11.4 Å². The van der Waals surface area contributed by atoms with E-state index in [1.807, 2.05) is 13.8 Å². The third-order valence-corrected chi connectivity index (χ3v) is 4.38. The first-order valence-corrected chi connectivity index (χ1v) is 8.97. The molecule has 0 atom stereocenters. The van der Waals surface area contributed by atoms with Gasteiger partial charge >= 0.3 is 0 Å². The van der Waals surface area contributed by atoms with Crippen LogP contribution < -0.4 is 16.2 Å². The van der Waals surface area contributed by atoms with E-state index in [0.29, 0.717) is 17.4 Å². The Morgan fingerprint density at radius 2 is 2.15 bits per heavy atom. The summed E-state index contributed by atoms with van der Waals surface area (Å²) in [6.07, 6.45) is 5.49. The number of nitrogens with zero attached hydrogens (tertiary/aromatic N) is 5. The Morgan fingerprint density at radius 1 is 1.33 bits per heavy atom. The fourth-order valence-electron chi connectivity index (χ4n) is 2.85. The molecule has 0 unspecified atom stereocenters. The zero-order valence-corrected chi connectivity index (χ0v) is 15.2. The molecule has 9 heteroatoms. The van der Waals surface area contributed by atoms with Gasteiger partial charge in [0.1, 0.15) is 12.9 Å². The second kappa shape index (κ2) is 6.82. The lowest BCUT2D eigenvalue weighted by molar-refractivity contribution is -0.117. The topological polar surface area (TPSA) is 106 Å². The van der Waals surface area contributed by atoms with Crippen molar-refractivity contribution < 1.29 is 4.79 Å². The number of carbonyl (C=O) groups is 1. The van der Waals surface area contributed by atoms with Crippen molar-refractivity contribution in [1.82, 2.24) is 24.4 Å². The number of amides is 1. The lowest BCUT2D eigenvalue weighted by Crippen LogP contribution is -2.31. The Hall–Kier alpha value is -3.23. The van der Waals surface area contributed by atoms with Crippen LogP contribution in [0.1, 0.15) is 38.3 Å². The number of carbonyl (C=O) groups excluding carboxylic acids is 1. The third kappa shape index (κ3) is 3.81. The molecule has 0 saturated heterocycles. The summed E-state index contributed by atoms with van der Waals surface area (Å²) in [5, 5.41) is 18.3. The van der Waals surface area contributed by atoms with Gasteiger partial charge in [-0.3, -0.25) is 14.0 Å². The number of aromatic nitrogens is 5. The molecular formula is C18H21N7O2. The highest BCUT2D eigenvalue weighted by molar-refractivity contribution is 5.90. The van der Waals surface area contributed by atoms with Crippen molar-refractivity contribution in [2.45, 2.75) is 45.2 Å². The molecule has 3 aromatic rings. The average molecular weight is 367 g/mol. The molecule has 140 valence electrons. The maximum Gasteiger partial charge on any atom is 0.269 e. The molecule has 0 aliphatic heterocycles. The summed E-state index contributed by atoms with van der Waals surface area (Å²) < 4.78 is 2.91. The van der Waals surface area contributed by atoms with E-state index >= 15 is 0 Å². The van der Waals surface area contributed by atoms with Gasteiger partial charge in [0.05, 0.1) is 17.1 Å². The smallest absolute Gasteiger partial charge is 0.269 e. The molecule has 1 saturated carbocycles. The number of rotatable bonds is 6. The zero-order chi connectivity index (χ0) is 19.0. The molecule has 27 heavy (non-hydrogen) atoms. The van der Waals surface area contributed by atoms with Gasteiger partial charge in [-0.15, -0.1) is 10.2 Å². The Morgan fingerprint density at radius 3 is 2.89 bits per heavy atom. The minimum absolute atomic E-state index is 0.136. The Labute approximate surface area is 155 Å². The summed E-state index contributed by atoms with van der Waals surface area (Å²) in [6, 6.07) is 5.45. The number of pyridine rings is 1. The molecule has 1 fully saturated rings. The number of anilines is 2. The van der Waals surface area contributed by atoms with Crippen LogP contribution in [0.5, 0.6) is 0 Å². The summed E-state index contributed by atoms with van der Waals surface area (Å²) in [6.45, 7) is 3.88. The van der Waals surface area contributed by atoms with Crippen molar-refractivity contribution in [3.05, 3.63) is 46.8 Å². The normalized spacial score (nSPS) is 13.9. The standard InChI is InChI=1S/C18H21N7O2/c1-11(2)18-14(20-12-3-4-12)7-17(27)25(23-18)9-16(26)21-13-5-6-15-22-19-10-24(15)8-13/h5-8,10-12,20H,3-4,9H2,1-2H3,(H,21,26). The Bertz CT molecular complexity index is 1050. The zero-order valence-electron chi connectivity index (χ0n) is 15.2. The van der Waals surface area contributed by atoms with Crippen LogP contribution in [0.15, 0.2) is 35.5 Å². The van der Waals surface area contributed by atoms with Gasteiger partial charge in [0.2, 0.25) is 5.91 Å². The highest BCUT2D eigenvalue weighted by Gasteiger charge is 2.24. The van der Waals surface area contributed by atoms with Gasteiger partial charge in [0, 0.05) is 18.3 Å². The maximum atomic E-state index is 12.4. The number of hydrogen-bond donors (Lipinski definition) is 2. The summed E-state index contributed by atoms with van der Waals surface area (Å²) in [4.78, 5) is 24.8. The van der Waals surface area contributed by atoms with E-state index in [1.165, 1.54) is 10.7 Å². The molecule has 1 amide bonds. The second-order valence-corrected chi connectivity index (χ2v) is 7.07. The summed E-state index contributed by atoms with van der Waals surface area (Å²) in [7, 11) is 0. The molecule has 1 aliphatic rings. The van der Waals surface area contributed by atoms with E-state index in [4.69, 9.17) is 0 Å². The predicted molar refractivity (Wildman–Crippen MR) is 101 cm³/mol. The molecule has 3 aromatic heterocycles. The molecule has 0 bridgehead atoms. The molecule has 0 spiro atoms. The molecule has 4 rings (SSSR count). The van der Waals surface area contributed by atoms with Gasteiger partial charge in [-0.2, -0.15) is 5.10 Å². The Kier molecular flexibility index (Phi) is 4.35.